The Morgan fingerprint density at radius 2 is 1.00 bits per heavy atom. The van der Waals surface area contributed by atoms with Gasteiger partial charge in [-0.15, -0.1) is 0 Å². The van der Waals surface area contributed by atoms with Gasteiger partial charge >= 0.3 is 35.0 Å². The number of hydrogen-bond donors (Lipinski definition) is 0. The maximum absolute atomic E-state index is 4.81. The second kappa shape index (κ2) is 12.5. The summed E-state index contributed by atoms with van der Waals surface area (Å²) in [5.74, 6) is 0. The zero-order valence-electron chi connectivity index (χ0n) is 7.36. The van der Waals surface area contributed by atoms with Crippen LogP contribution in [0.3, 0.4) is 0 Å². The summed E-state index contributed by atoms with van der Waals surface area (Å²) < 4.78 is 0. The van der Waals surface area contributed by atoms with Crippen molar-refractivity contribution in [3.63, 3.8) is 0 Å². The summed E-state index contributed by atoms with van der Waals surface area (Å²) in [5.41, 5.74) is 0. The van der Waals surface area contributed by atoms with Crippen LogP contribution in [0.2, 0.25) is 0 Å². The van der Waals surface area contributed by atoms with Gasteiger partial charge in [0.05, 0.1) is 0 Å². The second-order valence-corrected chi connectivity index (χ2v) is 4.89. The molecule has 0 N–H and O–H groups in total. The first kappa shape index (κ1) is 13.5. The summed E-state index contributed by atoms with van der Waals surface area (Å²) in [6.07, 6.45) is 18.0. The van der Waals surface area contributed by atoms with Gasteiger partial charge in [0.25, 0.3) is 0 Å². The third-order valence-corrected chi connectivity index (χ3v) is 1.55. The van der Waals surface area contributed by atoms with Crippen LogP contribution in [0.15, 0.2) is 36.5 Å². The SMILES string of the molecule is C1=CCC/C=C\CCC=C1.[Cl][Pd][Cl]. The zero-order chi connectivity index (χ0) is 9.78. The first-order valence-electron chi connectivity index (χ1n) is 4.21. The van der Waals surface area contributed by atoms with Crippen LogP contribution < -0.4 is 0 Å². The molecule has 0 radical (unpaired) electrons. The molecule has 0 aromatic rings. The van der Waals surface area contributed by atoms with Gasteiger partial charge < -0.3 is 0 Å². The zero-order valence-corrected chi connectivity index (χ0v) is 10.4. The molecular formula is C10H14Cl2Pd. The molecule has 1 aliphatic carbocycles. The maximum atomic E-state index is 4.81. The fraction of sp³-hybridized carbons (Fsp3) is 0.400. The van der Waals surface area contributed by atoms with Crippen molar-refractivity contribution in [3.05, 3.63) is 36.5 Å². The minimum atomic E-state index is -0.106. The molecule has 13 heavy (non-hydrogen) atoms. The van der Waals surface area contributed by atoms with Gasteiger partial charge in [-0.25, -0.2) is 0 Å². The van der Waals surface area contributed by atoms with E-state index in [9.17, 15) is 0 Å². The van der Waals surface area contributed by atoms with E-state index in [1.54, 1.807) is 0 Å². The van der Waals surface area contributed by atoms with E-state index >= 15 is 0 Å². The van der Waals surface area contributed by atoms with E-state index in [4.69, 9.17) is 19.1 Å². The van der Waals surface area contributed by atoms with Crippen molar-refractivity contribution >= 4 is 19.1 Å². The topological polar surface area (TPSA) is 0 Å². The third kappa shape index (κ3) is 12.5. The van der Waals surface area contributed by atoms with Gasteiger partial charge in [0.1, 0.15) is 0 Å². The van der Waals surface area contributed by atoms with Gasteiger partial charge in [-0.1, -0.05) is 36.5 Å². The van der Waals surface area contributed by atoms with Crippen LogP contribution in [0, 0.1) is 0 Å². The first-order valence-corrected chi connectivity index (χ1v) is 8.21. The molecule has 0 aliphatic heterocycles. The minimum absolute atomic E-state index is 0.106. The van der Waals surface area contributed by atoms with Gasteiger partial charge in [-0.05, 0) is 25.7 Å². The molecule has 0 spiro atoms. The molecular weight excluding hydrogens is 297 g/mol. The summed E-state index contributed by atoms with van der Waals surface area (Å²) in [4.78, 5) is 0. The number of rotatable bonds is 0. The molecule has 1 rings (SSSR count). The Hall–Kier alpha value is 0.462. The van der Waals surface area contributed by atoms with Gasteiger partial charge in [0.15, 0.2) is 0 Å². The van der Waals surface area contributed by atoms with E-state index in [0.717, 1.165) is 0 Å². The third-order valence-electron chi connectivity index (χ3n) is 1.55. The van der Waals surface area contributed by atoms with Crippen LogP contribution in [-0.2, 0) is 15.9 Å². The molecule has 0 saturated carbocycles. The van der Waals surface area contributed by atoms with Crippen LogP contribution >= 0.6 is 19.1 Å². The Kier molecular flexibility index (Phi) is 12.9. The normalized spacial score (nSPS) is 18.9. The quantitative estimate of drug-likeness (QED) is 0.453. The average molecular weight is 312 g/mol. The number of halogens is 2. The molecule has 0 amide bonds. The van der Waals surface area contributed by atoms with Crippen molar-refractivity contribution < 1.29 is 15.9 Å². The summed E-state index contributed by atoms with van der Waals surface area (Å²) in [5, 5.41) is 0. The van der Waals surface area contributed by atoms with Gasteiger partial charge in [0.2, 0.25) is 0 Å². The van der Waals surface area contributed by atoms with Gasteiger partial charge in [-0.3, -0.25) is 0 Å². The van der Waals surface area contributed by atoms with Crippen LogP contribution in [0.1, 0.15) is 25.7 Å². The first-order chi connectivity index (χ1) is 6.41. The van der Waals surface area contributed by atoms with Gasteiger partial charge in [0, 0.05) is 0 Å². The molecule has 1 aliphatic rings. The van der Waals surface area contributed by atoms with E-state index in [1.165, 1.54) is 25.7 Å². The predicted molar refractivity (Wildman–Crippen MR) is 57.6 cm³/mol. The summed E-state index contributed by atoms with van der Waals surface area (Å²) in [6.45, 7) is 0. The number of allylic oxidation sites excluding steroid dienone is 6. The molecule has 0 aromatic heterocycles. The van der Waals surface area contributed by atoms with Crippen molar-refractivity contribution in [2.24, 2.45) is 0 Å². The molecule has 0 fully saturated rings. The average Bonchev–Trinajstić information content (AvgIpc) is 2.16. The van der Waals surface area contributed by atoms with E-state index in [-0.39, 0.29) is 15.9 Å². The Bertz CT molecular complexity index is 156. The van der Waals surface area contributed by atoms with Crippen LogP contribution in [0.4, 0.5) is 0 Å². The monoisotopic (exact) mass is 310 g/mol. The fourth-order valence-corrected chi connectivity index (χ4v) is 0.970. The Labute approximate surface area is 96.8 Å². The molecule has 0 aromatic carbocycles. The van der Waals surface area contributed by atoms with Crippen molar-refractivity contribution in [1.29, 1.82) is 0 Å². The van der Waals surface area contributed by atoms with Crippen molar-refractivity contribution in [2.45, 2.75) is 25.7 Å². The molecule has 3 heteroatoms. The molecule has 0 nitrogen and oxygen atoms in total. The Morgan fingerprint density at radius 3 is 1.38 bits per heavy atom. The van der Waals surface area contributed by atoms with Crippen molar-refractivity contribution in [2.75, 3.05) is 0 Å². The van der Waals surface area contributed by atoms with Crippen LogP contribution in [0.25, 0.3) is 0 Å². The summed E-state index contributed by atoms with van der Waals surface area (Å²) >= 11 is -0.106. The summed E-state index contributed by atoms with van der Waals surface area (Å²) in [7, 11) is 9.63. The molecule has 0 bridgehead atoms. The molecule has 0 heterocycles. The van der Waals surface area contributed by atoms with E-state index < -0.39 is 0 Å². The Balaban J connectivity index is 0.000000424. The molecule has 78 valence electrons. The molecule has 0 saturated heterocycles. The number of hydrogen-bond acceptors (Lipinski definition) is 0. The van der Waals surface area contributed by atoms with Crippen molar-refractivity contribution in [3.8, 4) is 0 Å². The predicted octanol–water partition coefficient (Wildman–Crippen LogP) is 4.61. The molecule has 0 unspecified atom stereocenters. The van der Waals surface area contributed by atoms with Crippen LogP contribution in [-0.4, -0.2) is 0 Å². The Morgan fingerprint density at radius 1 is 0.692 bits per heavy atom. The van der Waals surface area contributed by atoms with E-state index in [1.807, 2.05) is 0 Å². The van der Waals surface area contributed by atoms with E-state index in [0.29, 0.717) is 0 Å². The van der Waals surface area contributed by atoms with Gasteiger partial charge in [-0.2, -0.15) is 0 Å². The summed E-state index contributed by atoms with van der Waals surface area (Å²) in [6, 6.07) is 0. The van der Waals surface area contributed by atoms with Crippen molar-refractivity contribution in [1.82, 2.24) is 0 Å². The van der Waals surface area contributed by atoms with Crippen LogP contribution in [0.5, 0.6) is 0 Å². The standard InChI is InChI=1S/C10H14.2ClH.Pd/c1-2-4-6-8-10-9-7-5-3-1;;;/h1-4,9-10H,5-8H2;2*1H;/q;;;+2/p-2/b3-1?,4-2?,10-9-;;;. The van der Waals surface area contributed by atoms with E-state index in [2.05, 4.69) is 36.5 Å². The second-order valence-electron chi connectivity index (χ2n) is 2.53. The molecule has 0 atom stereocenters. The fourth-order valence-electron chi connectivity index (χ4n) is 0.970.